The molecule has 5 nitrogen and oxygen atoms in total. The average Bonchev–Trinajstić information content (AvgIpc) is 3.23. The van der Waals surface area contributed by atoms with E-state index >= 15 is 0 Å². The molecular weight excluding hydrogens is 338 g/mol. The molecule has 2 aromatic carbocycles. The van der Waals surface area contributed by atoms with E-state index in [1.807, 2.05) is 44.2 Å². The molecule has 2 aromatic rings. The number of hydrogen-bond donors (Lipinski definition) is 2. The minimum atomic E-state index is -0.183. The van der Waals surface area contributed by atoms with Crippen molar-refractivity contribution in [1.82, 2.24) is 5.32 Å². The molecule has 0 bridgehead atoms. The maximum atomic E-state index is 12.8. The van der Waals surface area contributed by atoms with Crippen molar-refractivity contribution >= 4 is 23.2 Å². The molecule has 0 radical (unpaired) electrons. The van der Waals surface area contributed by atoms with E-state index < -0.39 is 0 Å². The van der Waals surface area contributed by atoms with Gasteiger partial charge >= 0.3 is 0 Å². The van der Waals surface area contributed by atoms with E-state index in [1.54, 1.807) is 18.2 Å². The number of carbonyl (C=O) groups excluding carboxylic acids is 2. The maximum Gasteiger partial charge on any atom is 0.255 e. The number of nitrogens with one attached hydrogen (secondary N) is 2. The Balaban J connectivity index is 1.86. The van der Waals surface area contributed by atoms with Gasteiger partial charge in [0.25, 0.3) is 11.8 Å². The molecule has 1 aliphatic rings. The third-order valence-electron chi connectivity index (χ3n) is 4.97. The van der Waals surface area contributed by atoms with E-state index in [4.69, 9.17) is 0 Å². The summed E-state index contributed by atoms with van der Waals surface area (Å²) in [5, 5.41) is 5.94. The Morgan fingerprint density at radius 2 is 1.74 bits per heavy atom. The van der Waals surface area contributed by atoms with Gasteiger partial charge < -0.3 is 15.5 Å². The van der Waals surface area contributed by atoms with Crippen LogP contribution in [0.25, 0.3) is 0 Å². The monoisotopic (exact) mass is 365 g/mol. The van der Waals surface area contributed by atoms with Crippen molar-refractivity contribution in [3.05, 3.63) is 59.7 Å². The molecule has 0 aliphatic carbocycles. The highest BCUT2D eigenvalue weighted by Crippen LogP contribution is 2.28. The summed E-state index contributed by atoms with van der Waals surface area (Å²) in [6.45, 7) is 5.95. The zero-order chi connectivity index (χ0) is 19.2. The van der Waals surface area contributed by atoms with Crippen molar-refractivity contribution in [2.45, 2.75) is 39.2 Å². The lowest BCUT2D eigenvalue weighted by Gasteiger charge is -2.23. The molecule has 1 aliphatic heterocycles. The van der Waals surface area contributed by atoms with Gasteiger partial charge in [0, 0.05) is 36.1 Å². The average molecular weight is 365 g/mol. The molecule has 142 valence electrons. The summed E-state index contributed by atoms with van der Waals surface area (Å²) >= 11 is 0. The smallest absolute Gasteiger partial charge is 0.255 e. The molecular formula is C22H27N3O2. The number of nitrogens with zero attached hydrogens (tertiary/aromatic N) is 1. The fraction of sp³-hybridized carbons (Fsp3) is 0.364. The first kappa shape index (κ1) is 19.0. The summed E-state index contributed by atoms with van der Waals surface area (Å²) in [6, 6.07) is 14.8. The fourth-order valence-electron chi connectivity index (χ4n) is 3.23. The molecule has 1 saturated heterocycles. The normalized spacial score (nSPS) is 14.7. The SMILES string of the molecule is CCC(C)NC(=O)c1cc(NC(=O)c2ccccc2)ccc1N1CCCC1. The molecule has 1 fully saturated rings. The van der Waals surface area contributed by atoms with Crippen molar-refractivity contribution in [2.24, 2.45) is 0 Å². The van der Waals surface area contributed by atoms with Crippen LogP contribution in [0.4, 0.5) is 11.4 Å². The highest BCUT2D eigenvalue weighted by atomic mass is 16.2. The second-order valence-corrected chi connectivity index (χ2v) is 7.03. The molecule has 1 heterocycles. The molecule has 2 N–H and O–H groups in total. The van der Waals surface area contributed by atoms with Gasteiger partial charge in [0.1, 0.15) is 0 Å². The first-order valence-electron chi connectivity index (χ1n) is 9.64. The van der Waals surface area contributed by atoms with Crippen LogP contribution < -0.4 is 15.5 Å². The van der Waals surface area contributed by atoms with Gasteiger partial charge in [0.15, 0.2) is 0 Å². The molecule has 27 heavy (non-hydrogen) atoms. The Bertz CT molecular complexity index is 798. The summed E-state index contributed by atoms with van der Waals surface area (Å²) in [7, 11) is 0. The Morgan fingerprint density at radius 1 is 1.04 bits per heavy atom. The lowest BCUT2D eigenvalue weighted by molar-refractivity contribution is 0.0938. The molecule has 0 aromatic heterocycles. The van der Waals surface area contributed by atoms with Gasteiger partial charge in [-0.3, -0.25) is 9.59 Å². The zero-order valence-corrected chi connectivity index (χ0v) is 16.0. The van der Waals surface area contributed by atoms with Crippen LogP contribution in [0.2, 0.25) is 0 Å². The summed E-state index contributed by atoms with van der Waals surface area (Å²) in [6.07, 6.45) is 3.15. The summed E-state index contributed by atoms with van der Waals surface area (Å²) in [4.78, 5) is 27.5. The van der Waals surface area contributed by atoms with Crippen molar-refractivity contribution in [2.75, 3.05) is 23.3 Å². The topological polar surface area (TPSA) is 61.4 Å². The third kappa shape index (κ3) is 4.67. The molecule has 2 amide bonds. The Morgan fingerprint density at radius 3 is 2.41 bits per heavy atom. The van der Waals surface area contributed by atoms with Crippen molar-refractivity contribution in [3.8, 4) is 0 Å². The van der Waals surface area contributed by atoms with Crippen LogP contribution in [-0.4, -0.2) is 30.9 Å². The van der Waals surface area contributed by atoms with Gasteiger partial charge in [-0.2, -0.15) is 0 Å². The van der Waals surface area contributed by atoms with Crippen LogP contribution in [0.5, 0.6) is 0 Å². The van der Waals surface area contributed by atoms with Crippen LogP contribution in [0, 0.1) is 0 Å². The predicted octanol–water partition coefficient (Wildman–Crippen LogP) is 4.07. The second-order valence-electron chi connectivity index (χ2n) is 7.03. The van der Waals surface area contributed by atoms with Gasteiger partial charge in [-0.15, -0.1) is 0 Å². The molecule has 5 heteroatoms. The molecule has 1 atom stereocenters. The number of carbonyl (C=O) groups is 2. The highest BCUT2D eigenvalue weighted by molar-refractivity contribution is 6.06. The van der Waals surface area contributed by atoms with Crippen LogP contribution in [0.15, 0.2) is 48.5 Å². The van der Waals surface area contributed by atoms with Crippen LogP contribution in [-0.2, 0) is 0 Å². The largest absolute Gasteiger partial charge is 0.371 e. The number of anilines is 2. The summed E-state index contributed by atoms with van der Waals surface area (Å²) in [5.74, 6) is -0.278. The lowest BCUT2D eigenvalue weighted by atomic mass is 10.1. The predicted molar refractivity (Wildman–Crippen MR) is 110 cm³/mol. The van der Waals surface area contributed by atoms with Crippen molar-refractivity contribution < 1.29 is 9.59 Å². The van der Waals surface area contributed by atoms with Crippen molar-refractivity contribution in [3.63, 3.8) is 0 Å². The number of amides is 2. The molecule has 1 unspecified atom stereocenters. The van der Waals surface area contributed by atoms with Crippen LogP contribution in [0.1, 0.15) is 53.8 Å². The lowest BCUT2D eigenvalue weighted by Crippen LogP contribution is -2.33. The molecule has 0 saturated carbocycles. The first-order chi connectivity index (χ1) is 13.1. The minimum absolute atomic E-state index is 0.0953. The number of rotatable bonds is 6. The standard InChI is InChI=1S/C22H27N3O2/c1-3-16(2)23-22(27)19-15-18(11-12-20(19)25-13-7-8-14-25)24-21(26)17-9-5-4-6-10-17/h4-6,9-12,15-16H,3,7-8,13-14H2,1-2H3,(H,23,27)(H,24,26). The quantitative estimate of drug-likeness (QED) is 0.811. The Hall–Kier alpha value is -2.82. The summed E-state index contributed by atoms with van der Waals surface area (Å²) < 4.78 is 0. The highest BCUT2D eigenvalue weighted by Gasteiger charge is 2.21. The van der Waals surface area contributed by atoms with Gasteiger partial charge in [-0.1, -0.05) is 25.1 Å². The molecule has 3 rings (SSSR count). The minimum Gasteiger partial charge on any atom is -0.371 e. The van der Waals surface area contributed by atoms with Crippen LogP contribution in [0.3, 0.4) is 0 Å². The van der Waals surface area contributed by atoms with E-state index in [2.05, 4.69) is 15.5 Å². The zero-order valence-electron chi connectivity index (χ0n) is 16.0. The van der Waals surface area contributed by atoms with Gasteiger partial charge in [0.05, 0.1) is 5.56 Å². The van der Waals surface area contributed by atoms with Crippen LogP contribution >= 0.6 is 0 Å². The van der Waals surface area contributed by atoms with Gasteiger partial charge in [0.2, 0.25) is 0 Å². The first-order valence-corrected chi connectivity index (χ1v) is 9.64. The fourth-order valence-corrected chi connectivity index (χ4v) is 3.23. The number of benzene rings is 2. The Labute approximate surface area is 160 Å². The van der Waals surface area contributed by atoms with Gasteiger partial charge in [-0.05, 0) is 56.5 Å². The van der Waals surface area contributed by atoms with E-state index in [-0.39, 0.29) is 17.9 Å². The molecule has 0 spiro atoms. The number of hydrogen-bond acceptors (Lipinski definition) is 3. The van der Waals surface area contributed by atoms with E-state index in [1.165, 1.54) is 0 Å². The second kappa shape index (κ2) is 8.71. The van der Waals surface area contributed by atoms with Crippen molar-refractivity contribution in [1.29, 1.82) is 0 Å². The van der Waals surface area contributed by atoms with Gasteiger partial charge in [-0.25, -0.2) is 0 Å². The van der Waals surface area contributed by atoms with E-state index in [0.29, 0.717) is 16.8 Å². The third-order valence-corrected chi connectivity index (χ3v) is 4.97. The van der Waals surface area contributed by atoms with E-state index in [9.17, 15) is 9.59 Å². The van der Waals surface area contributed by atoms with E-state index in [0.717, 1.165) is 38.0 Å². The summed E-state index contributed by atoms with van der Waals surface area (Å²) in [5.41, 5.74) is 2.77. The Kier molecular flexibility index (Phi) is 6.12. The maximum absolute atomic E-state index is 12.8.